The fraction of sp³-hybridized carbons (Fsp3) is 0.250. The molecule has 2 aromatic heterocycles. The summed E-state index contributed by atoms with van der Waals surface area (Å²) in [5.74, 6) is 1.40. The maximum atomic E-state index is 12.0. The van der Waals surface area contributed by atoms with Gasteiger partial charge in [0.2, 0.25) is 0 Å². The van der Waals surface area contributed by atoms with Crippen molar-refractivity contribution >= 4 is 22.6 Å². The van der Waals surface area contributed by atoms with Crippen molar-refractivity contribution in [3.63, 3.8) is 0 Å². The maximum Gasteiger partial charge on any atom is 0.291 e. The molecular formula is C16H17N3O2. The van der Waals surface area contributed by atoms with E-state index in [0.717, 1.165) is 16.9 Å². The van der Waals surface area contributed by atoms with Crippen molar-refractivity contribution in [3.05, 3.63) is 48.2 Å². The monoisotopic (exact) mass is 283 g/mol. The van der Waals surface area contributed by atoms with E-state index in [1.54, 1.807) is 12.1 Å². The number of hydrogen-bond donors (Lipinski definition) is 1. The first-order valence-electron chi connectivity index (χ1n) is 6.87. The molecule has 108 valence electrons. The average Bonchev–Trinajstić information content (AvgIpc) is 3.07. The van der Waals surface area contributed by atoms with Crippen molar-refractivity contribution in [1.29, 1.82) is 0 Å². The third-order valence-corrected chi connectivity index (χ3v) is 3.43. The van der Waals surface area contributed by atoms with Crippen LogP contribution >= 0.6 is 0 Å². The SMILES string of the molecule is CC(C)c1nc2cc(NC(=O)c3ccco3)ccc2n1C. The van der Waals surface area contributed by atoms with E-state index in [0.29, 0.717) is 17.4 Å². The molecule has 0 fully saturated rings. The number of nitrogens with zero attached hydrogens (tertiary/aromatic N) is 2. The van der Waals surface area contributed by atoms with Gasteiger partial charge in [-0.15, -0.1) is 0 Å². The van der Waals surface area contributed by atoms with Gasteiger partial charge in [0, 0.05) is 18.7 Å². The summed E-state index contributed by atoms with van der Waals surface area (Å²) in [5.41, 5.74) is 2.63. The molecule has 1 aromatic carbocycles. The Morgan fingerprint density at radius 3 is 2.81 bits per heavy atom. The van der Waals surface area contributed by atoms with E-state index in [2.05, 4.69) is 28.7 Å². The molecule has 0 saturated heterocycles. The smallest absolute Gasteiger partial charge is 0.291 e. The van der Waals surface area contributed by atoms with Crippen molar-refractivity contribution in [1.82, 2.24) is 9.55 Å². The van der Waals surface area contributed by atoms with Crippen LogP contribution in [-0.4, -0.2) is 15.5 Å². The van der Waals surface area contributed by atoms with Gasteiger partial charge in [-0.05, 0) is 30.3 Å². The molecule has 1 amide bonds. The summed E-state index contributed by atoms with van der Waals surface area (Å²) < 4.78 is 7.16. The Morgan fingerprint density at radius 2 is 2.14 bits per heavy atom. The highest BCUT2D eigenvalue weighted by Gasteiger charge is 2.13. The molecule has 0 bridgehead atoms. The second-order valence-corrected chi connectivity index (χ2v) is 5.32. The molecule has 0 radical (unpaired) electrons. The number of aromatic nitrogens is 2. The van der Waals surface area contributed by atoms with Gasteiger partial charge in [-0.25, -0.2) is 4.98 Å². The summed E-state index contributed by atoms with van der Waals surface area (Å²) in [6.45, 7) is 4.22. The Hall–Kier alpha value is -2.56. The second kappa shape index (κ2) is 5.09. The summed E-state index contributed by atoms with van der Waals surface area (Å²) in [6.07, 6.45) is 1.48. The number of nitrogens with one attached hydrogen (secondary N) is 1. The highest BCUT2D eigenvalue weighted by molar-refractivity contribution is 6.03. The molecule has 0 atom stereocenters. The van der Waals surface area contributed by atoms with Crippen LogP contribution < -0.4 is 5.32 Å². The van der Waals surface area contributed by atoms with Gasteiger partial charge in [0.1, 0.15) is 5.82 Å². The Balaban J connectivity index is 1.92. The Bertz CT molecular complexity index is 785. The summed E-state index contributed by atoms with van der Waals surface area (Å²) in [6, 6.07) is 9.03. The third kappa shape index (κ3) is 2.42. The van der Waals surface area contributed by atoms with Gasteiger partial charge >= 0.3 is 0 Å². The van der Waals surface area contributed by atoms with Crippen LogP contribution in [0.1, 0.15) is 36.1 Å². The van der Waals surface area contributed by atoms with Crippen molar-refractivity contribution in [2.75, 3.05) is 5.32 Å². The van der Waals surface area contributed by atoms with Crippen LogP contribution in [0.5, 0.6) is 0 Å². The molecule has 3 aromatic rings. The first kappa shape index (κ1) is 13.4. The van der Waals surface area contributed by atoms with Crippen LogP contribution in [0, 0.1) is 0 Å². The number of imidazole rings is 1. The van der Waals surface area contributed by atoms with Gasteiger partial charge in [0.25, 0.3) is 5.91 Å². The summed E-state index contributed by atoms with van der Waals surface area (Å²) in [7, 11) is 2.01. The van der Waals surface area contributed by atoms with Gasteiger partial charge in [-0.1, -0.05) is 13.8 Å². The van der Waals surface area contributed by atoms with Crippen LogP contribution in [0.4, 0.5) is 5.69 Å². The molecule has 21 heavy (non-hydrogen) atoms. The fourth-order valence-electron chi connectivity index (χ4n) is 2.41. The van der Waals surface area contributed by atoms with Crippen LogP contribution in [0.15, 0.2) is 41.0 Å². The molecule has 2 heterocycles. The minimum Gasteiger partial charge on any atom is -0.459 e. The predicted octanol–water partition coefficient (Wildman–Crippen LogP) is 3.54. The van der Waals surface area contributed by atoms with Crippen molar-refractivity contribution in [2.24, 2.45) is 7.05 Å². The second-order valence-electron chi connectivity index (χ2n) is 5.32. The summed E-state index contributed by atoms with van der Waals surface area (Å²) in [5, 5.41) is 2.81. The topological polar surface area (TPSA) is 60.1 Å². The molecule has 0 aliphatic rings. The molecular weight excluding hydrogens is 266 g/mol. The first-order chi connectivity index (χ1) is 10.1. The quantitative estimate of drug-likeness (QED) is 0.799. The van der Waals surface area contributed by atoms with Crippen molar-refractivity contribution < 1.29 is 9.21 Å². The molecule has 0 saturated carbocycles. The van der Waals surface area contributed by atoms with E-state index in [4.69, 9.17) is 4.42 Å². The number of aryl methyl sites for hydroxylation is 1. The highest BCUT2D eigenvalue weighted by Crippen LogP contribution is 2.23. The zero-order valence-electron chi connectivity index (χ0n) is 12.3. The number of anilines is 1. The van der Waals surface area contributed by atoms with E-state index >= 15 is 0 Å². The minimum atomic E-state index is -0.264. The predicted molar refractivity (Wildman–Crippen MR) is 81.5 cm³/mol. The zero-order chi connectivity index (χ0) is 15.0. The van der Waals surface area contributed by atoms with E-state index in [1.807, 2.05) is 25.2 Å². The van der Waals surface area contributed by atoms with Gasteiger partial charge in [-0.3, -0.25) is 4.79 Å². The molecule has 1 N–H and O–H groups in total. The van der Waals surface area contributed by atoms with E-state index in [-0.39, 0.29) is 5.91 Å². The summed E-state index contributed by atoms with van der Waals surface area (Å²) >= 11 is 0. The Labute approximate surface area is 122 Å². The number of benzene rings is 1. The number of rotatable bonds is 3. The molecule has 5 heteroatoms. The molecule has 0 spiro atoms. The van der Waals surface area contributed by atoms with Crippen molar-refractivity contribution in [3.8, 4) is 0 Å². The third-order valence-electron chi connectivity index (χ3n) is 3.43. The summed E-state index contributed by atoms with van der Waals surface area (Å²) in [4.78, 5) is 16.6. The van der Waals surface area contributed by atoms with Crippen LogP contribution in [-0.2, 0) is 7.05 Å². The highest BCUT2D eigenvalue weighted by atomic mass is 16.3. The lowest BCUT2D eigenvalue weighted by Gasteiger charge is -2.05. The standard InChI is InChI=1S/C16H17N3O2/c1-10(2)15-18-12-9-11(6-7-13(12)19(15)3)17-16(20)14-5-4-8-21-14/h4-10H,1-3H3,(H,17,20). The normalized spacial score (nSPS) is 11.2. The lowest BCUT2D eigenvalue weighted by molar-refractivity contribution is 0.0996. The van der Waals surface area contributed by atoms with Crippen molar-refractivity contribution in [2.45, 2.75) is 19.8 Å². The lowest BCUT2D eigenvalue weighted by atomic mass is 10.2. The Morgan fingerprint density at radius 1 is 1.33 bits per heavy atom. The van der Waals surface area contributed by atoms with E-state index in [9.17, 15) is 4.79 Å². The van der Waals surface area contributed by atoms with E-state index in [1.165, 1.54) is 6.26 Å². The van der Waals surface area contributed by atoms with Gasteiger partial charge in [0.05, 0.1) is 17.3 Å². The molecule has 3 rings (SSSR count). The maximum absolute atomic E-state index is 12.0. The first-order valence-corrected chi connectivity index (χ1v) is 6.87. The molecule has 5 nitrogen and oxygen atoms in total. The number of hydrogen-bond acceptors (Lipinski definition) is 3. The number of carbonyl (C=O) groups is 1. The van der Waals surface area contributed by atoms with Gasteiger partial charge < -0.3 is 14.3 Å². The largest absolute Gasteiger partial charge is 0.459 e. The van der Waals surface area contributed by atoms with Gasteiger partial charge in [0.15, 0.2) is 5.76 Å². The van der Waals surface area contributed by atoms with Crippen LogP contribution in [0.2, 0.25) is 0 Å². The zero-order valence-corrected chi connectivity index (χ0v) is 12.3. The minimum absolute atomic E-state index is 0.264. The number of amides is 1. The molecule has 0 aliphatic heterocycles. The van der Waals surface area contributed by atoms with Gasteiger partial charge in [-0.2, -0.15) is 0 Å². The lowest BCUT2D eigenvalue weighted by Crippen LogP contribution is -2.10. The Kier molecular flexibility index (Phi) is 3.25. The number of carbonyl (C=O) groups excluding carboxylic acids is 1. The van der Waals surface area contributed by atoms with E-state index < -0.39 is 0 Å². The fourth-order valence-corrected chi connectivity index (χ4v) is 2.41. The molecule has 0 unspecified atom stereocenters. The number of fused-ring (bicyclic) bond motifs is 1. The number of furan rings is 1. The van der Waals surface area contributed by atoms with Crippen LogP contribution in [0.25, 0.3) is 11.0 Å². The molecule has 0 aliphatic carbocycles. The van der Waals surface area contributed by atoms with Crippen LogP contribution in [0.3, 0.4) is 0 Å². The average molecular weight is 283 g/mol.